The minimum absolute atomic E-state index is 0.0565. The molecular formula is C21H28F2N2O2. The number of carbonyl (C=O) groups excluding carboxylic acids is 2. The van der Waals surface area contributed by atoms with Crippen LogP contribution in [0.1, 0.15) is 62.7 Å². The number of hydrogen-bond acceptors (Lipinski definition) is 3. The minimum Gasteiger partial charge on any atom is -0.341 e. The normalized spacial score (nSPS) is 26.4. The third-order valence-corrected chi connectivity index (χ3v) is 5.99. The van der Waals surface area contributed by atoms with Gasteiger partial charge in [0.1, 0.15) is 11.6 Å². The maximum absolute atomic E-state index is 13.7. The van der Waals surface area contributed by atoms with Gasteiger partial charge < -0.3 is 4.90 Å². The number of ketones is 1. The van der Waals surface area contributed by atoms with Crippen molar-refractivity contribution < 1.29 is 18.4 Å². The Morgan fingerprint density at radius 3 is 2.44 bits per heavy atom. The Hall–Kier alpha value is -1.82. The molecule has 0 aromatic heterocycles. The Bertz CT molecular complexity index is 699. The fourth-order valence-corrected chi connectivity index (χ4v) is 4.59. The number of nitrogens with zero attached hydrogens (tertiary/aromatic N) is 2. The summed E-state index contributed by atoms with van der Waals surface area (Å²) in [6, 6.07) is 4.37. The van der Waals surface area contributed by atoms with E-state index in [4.69, 9.17) is 0 Å². The van der Waals surface area contributed by atoms with Crippen LogP contribution in [0.25, 0.3) is 0 Å². The average molecular weight is 378 g/mol. The molecule has 0 saturated carbocycles. The van der Waals surface area contributed by atoms with Crippen LogP contribution in [0.15, 0.2) is 18.2 Å². The quantitative estimate of drug-likeness (QED) is 0.732. The topological polar surface area (TPSA) is 40.6 Å². The second-order valence-electron chi connectivity index (χ2n) is 7.91. The standard InChI is InChI=1S/C21H28F2N2O2/c1-14-5-6-15(2)25(14)17-4-3-11-24(13-17)21(27)10-9-20(26)18-8-7-16(22)12-19(18)23/h7-8,12,14-15,17H,3-6,9-11,13H2,1-2H3. The predicted octanol–water partition coefficient (Wildman–Crippen LogP) is 3.79. The maximum Gasteiger partial charge on any atom is 0.223 e. The molecule has 27 heavy (non-hydrogen) atoms. The van der Waals surface area contributed by atoms with Crippen LogP contribution in [0.2, 0.25) is 0 Å². The van der Waals surface area contributed by atoms with Crippen molar-refractivity contribution in [2.24, 2.45) is 0 Å². The lowest BCUT2D eigenvalue weighted by atomic mass is 10.0. The molecular weight excluding hydrogens is 350 g/mol. The zero-order chi connectivity index (χ0) is 19.6. The molecule has 0 spiro atoms. The molecule has 2 aliphatic rings. The third kappa shape index (κ3) is 4.54. The highest BCUT2D eigenvalue weighted by Gasteiger charge is 2.36. The summed E-state index contributed by atoms with van der Waals surface area (Å²) in [5, 5.41) is 0. The summed E-state index contributed by atoms with van der Waals surface area (Å²) in [6.07, 6.45) is 4.46. The number of rotatable bonds is 5. The number of halogens is 2. The minimum atomic E-state index is -0.873. The van der Waals surface area contributed by atoms with Crippen LogP contribution < -0.4 is 0 Å². The van der Waals surface area contributed by atoms with Gasteiger partial charge in [0.15, 0.2) is 5.78 Å². The molecule has 0 radical (unpaired) electrons. The predicted molar refractivity (Wildman–Crippen MR) is 99.5 cm³/mol. The molecule has 2 aliphatic heterocycles. The molecule has 1 amide bonds. The Balaban J connectivity index is 1.55. The van der Waals surface area contributed by atoms with Crippen molar-refractivity contribution in [1.82, 2.24) is 9.80 Å². The first-order valence-corrected chi connectivity index (χ1v) is 9.90. The average Bonchev–Trinajstić information content (AvgIpc) is 2.98. The Kier molecular flexibility index (Phi) is 6.25. The first-order valence-electron chi connectivity index (χ1n) is 9.90. The summed E-state index contributed by atoms with van der Waals surface area (Å²) in [4.78, 5) is 29.2. The van der Waals surface area contributed by atoms with Crippen molar-refractivity contribution in [2.45, 2.75) is 70.5 Å². The van der Waals surface area contributed by atoms with Crippen LogP contribution in [0, 0.1) is 11.6 Å². The molecule has 0 bridgehead atoms. The van der Waals surface area contributed by atoms with E-state index in [9.17, 15) is 18.4 Å². The second-order valence-corrected chi connectivity index (χ2v) is 7.91. The Morgan fingerprint density at radius 2 is 1.78 bits per heavy atom. The van der Waals surface area contributed by atoms with Crippen molar-refractivity contribution in [2.75, 3.05) is 13.1 Å². The SMILES string of the molecule is CC1CCC(C)N1C1CCCN(C(=O)CCC(=O)c2ccc(F)cc2F)C1. The van der Waals surface area contributed by atoms with Crippen LogP contribution in [0.4, 0.5) is 8.78 Å². The molecule has 1 aromatic rings. The molecule has 2 fully saturated rings. The third-order valence-electron chi connectivity index (χ3n) is 5.99. The summed E-state index contributed by atoms with van der Waals surface area (Å²) in [6.45, 7) is 5.91. The lowest BCUT2D eigenvalue weighted by Crippen LogP contribution is -2.52. The van der Waals surface area contributed by atoms with E-state index >= 15 is 0 Å². The number of Topliss-reactive ketones (excluding diaryl/α,β-unsaturated/α-hetero) is 1. The van der Waals surface area contributed by atoms with Gasteiger partial charge >= 0.3 is 0 Å². The highest BCUT2D eigenvalue weighted by molar-refractivity contribution is 5.98. The first-order chi connectivity index (χ1) is 12.9. The van der Waals surface area contributed by atoms with Gasteiger partial charge in [0.05, 0.1) is 5.56 Å². The summed E-state index contributed by atoms with van der Waals surface area (Å²) < 4.78 is 26.7. The van der Waals surface area contributed by atoms with Crippen molar-refractivity contribution >= 4 is 11.7 Å². The Morgan fingerprint density at radius 1 is 1.07 bits per heavy atom. The van der Waals surface area contributed by atoms with Crippen LogP contribution in [-0.2, 0) is 4.79 Å². The maximum atomic E-state index is 13.7. The van der Waals surface area contributed by atoms with E-state index in [0.29, 0.717) is 37.3 Å². The van der Waals surface area contributed by atoms with E-state index in [-0.39, 0.29) is 24.3 Å². The van der Waals surface area contributed by atoms with Crippen LogP contribution in [0.3, 0.4) is 0 Å². The molecule has 0 N–H and O–H groups in total. The summed E-state index contributed by atoms with van der Waals surface area (Å²) in [7, 11) is 0. The highest BCUT2D eigenvalue weighted by atomic mass is 19.1. The van der Waals surface area contributed by atoms with E-state index < -0.39 is 17.4 Å². The molecule has 3 rings (SSSR count). The van der Waals surface area contributed by atoms with Crippen molar-refractivity contribution in [3.63, 3.8) is 0 Å². The van der Waals surface area contributed by atoms with Gasteiger partial charge in [0, 0.05) is 50.1 Å². The molecule has 2 heterocycles. The van der Waals surface area contributed by atoms with E-state index in [0.717, 1.165) is 25.0 Å². The number of likely N-dealkylation sites (tertiary alicyclic amines) is 2. The zero-order valence-corrected chi connectivity index (χ0v) is 16.1. The molecule has 3 unspecified atom stereocenters. The van der Waals surface area contributed by atoms with Crippen molar-refractivity contribution in [1.29, 1.82) is 0 Å². The van der Waals surface area contributed by atoms with Crippen LogP contribution in [-0.4, -0.2) is 52.7 Å². The van der Waals surface area contributed by atoms with Gasteiger partial charge in [-0.3, -0.25) is 14.5 Å². The second kappa shape index (κ2) is 8.46. The molecule has 4 nitrogen and oxygen atoms in total. The number of piperidine rings is 1. The summed E-state index contributed by atoms with van der Waals surface area (Å²) >= 11 is 0. The molecule has 2 saturated heterocycles. The number of hydrogen-bond donors (Lipinski definition) is 0. The van der Waals surface area contributed by atoms with Gasteiger partial charge in [-0.25, -0.2) is 8.78 Å². The highest BCUT2D eigenvalue weighted by Crippen LogP contribution is 2.30. The summed E-state index contributed by atoms with van der Waals surface area (Å²) in [5.41, 5.74) is -0.152. The smallest absolute Gasteiger partial charge is 0.223 e. The van der Waals surface area contributed by atoms with Crippen molar-refractivity contribution in [3.8, 4) is 0 Å². The van der Waals surface area contributed by atoms with Gasteiger partial charge in [-0.1, -0.05) is 0 Å². The largest absolute Gasteiger partial charge is 0.341 e. The van der Waals surface area contributed by atoms with E-state index in [1.165, 1.54) is 12.8 Å². The molecule has 6 heteroatoms. The number of amides is 1. The number of benzene rings is 1. The first kappa shape index (κ1) is 19.9. The van der Waals surface area contributed by atoms with Crippen LogP contribution in [0.5, 0.6) is 0 Å². The fraction of sp³-hybridized carbons (Fsp3) is 0.619. The van der Waals surface area contributed by atoms with Crippen LogP contribution >= 0.6 is 0 Å². The van der Waals surface area contributed by atoms with E-state index in [1.54, 1.807) is 0 Å². The molecule has 0 aliphatic carbocycles. The molecule has 148 valence electrons. The molecule has 3 atom stereocenters. The van der Waals surface area contributed by atoms with E-state index in [1.807, 2.05) is 4.90 Å². The zero-order valence-electron chi connectivity index (χ0n) is 16.1. The summed E-state index contributed by atoms with van der Waals surface area (Å²) in [5.74, 6) is -2.11. The van der Waals surface area contributed by atoms with Gasteiger partial charge in [-0.15, -0.1) is 0 Å². The lowest BCUT2D eigenvalue weighted by molar-refractivity contribution is -0.133. The van der Waals surface area contributed by atoms with Gasteiger partial charge in [0.25, 0.3) is 0 Å². The monoisotopic (exact) mass is 378 g/mol. The van der Waals surface area contributed by atoms with Crippen molar-refractivity contribution in [3.05, 3.63) is 35.4 Å². The fourth-order valence-electron chi connectivity index (χ4n) is 4.59. The lowest BCUT2D eigenvalue weighted by Gasteiger charge is -2.41. The van der Waals surface area contributed by atoms with Gasteiger partial charge in [0.2, 0.25) is 5.91 Å². The Labute approximate surface area is 159 Å². The van der Waals surface area contributed by atoms with Gasteiger partial charge in [-0.05, 0) is 51.7 Å². The van der Waals surface area contributed by atoms with Gasteiger partial charge in [-0.2, -0.15) is 0 Å². The van der Waals surface area contributed by atoms with E-state index in [2.05, 4.69) is 18.7 Å². The molecule has 1 aromatic carbocycles. The number of carbonyl (C=O) groups is 2.